The summed E-state index contributed by atoms with van der Waals surface area (Å²) in [6.45, 7) is 6.43. The fraction of sp³-hybridized carbons (Fsp3) is 1.00. The van der Waals surface area contributed by atoms with E-state index >= 15 is 0 Å². The molecule has 0 heterocycles. The molecule has 1 aliphatic rings. The van der Waals surface area contributed by atoms with Crippen molar-refractivity contribution < 1.29 is 5.11 Å². The van der Waals surface area contributed by atoms with Crippen LogP contribution in [-0.2, 0) is 0 Å². The van der Waals surface area contributed by atoms with Gasteiger partial charge in [0.15, 0.2) is 0 Å². The maximum absolute atomic E-state index is 9.17. The van der Waals surface area contributed by atoms with Gasteiger partial charge in [0.05, 0.1) is 6.61 Å². The third kappa shape index (κ3) is 3.44. The van der Waals surface area contributed by atoms with Crippen LogP contribution in [0.2, 0.25) is 0 Å². The topological polar surface area (TPSA) is 49.5 Å². The Labute approximate surface area is 100 Å². The smallest absolute Gasteiger partial charge is 0.0584 e. The Hall–Kier alpha value is -0.120. The number of rotatable bonds is 5. The molecule has 0 spiro atoms. The fourth-order valence-electron chi connectivity index (χ4n) is 2.99. The Morgan fingerprint density at radius 3 is 2.75 bits per heavy atom. The van der Waals surface area contributed by atoms with Crippen LogP contribution >= 0.6 is 0 Å². The first-order valence-corrected chi connectivity index (χ1v) is 6.54. The zero-order chi connectivity index (χ0) is 12.2. The summed E-state index contributed by atoms with van der Waals surface area (Å²) < 4.78 is 0. The molecule has 3 heteroatoms. The number of nitrogens with two attached hydrogens (primary N) is 1. The molecule has 0 aromatic carbocycles. The SMILES string of the molecule is CC1CCCC(CN)(CN(C)C(C)CO)C1. The third-order valence-electron chi connectivity index (χ3n) is 4.22. The van der Waals surface area contributed by atoms with Gasteiger partial charge in [0.25, 0.3) is 0 Å². The molecular weight excluding hydrogens is 200 g/mol. The van der Waals surface area contributed by atoms with Crippen LogP contribution in [0.3, 0.4) is 0 Å². The quantitative estimate of drug-likeness (QED) is 0.749. The molecule has 1 aliphatic carbocycles. The fourth-order valence-corrected chi connectivity index (χ4v) is 2.99. The van der Waals surface area contributed by atoms with E-state index in [2.05, 4.69) is 25.8 Å². The van der Waals surface area contributed by atoms with Crippen molar-refractivity contribution in [1.82, 2.24) is 4.90 Å². The van der Waals surface area contributed by atoms with E-state index in [-0.39, 0.29) is 18.1 Å². The van der Waals surface area contributed by atoms with Gasteiger partial charge in [0.1, 0.15) is 0 Å². The summed E-state index contributed by atoms with van der Waals surface area (Å²) in [4.78, 5) is 2.25. The number of aliphatic hydroxyl groups is 1. The van der Waals surface area contributed by atoms with Crippen molar-refractivity contribution in [2.45, 2.75) is 45.6 Å². The minimum atomic E-state index is 0.229. The van der Waals surface area contributed by atoms with E-state index in [1.54, 1.807) is 0 Å². The molecule has 0 aromatic rings. The lowest BCUT2D eigenvalue weighted by Gasteiger charge is -2.43. The van der Waals surface area contributed by atoms with Gasteiger partial charge in [0, 0.05) is 12.6 Å². The van der Waals surface area contributed by atoms with E-state index in [4.69, 9.17) is 5.73 Å². The largest absolute Gasteiger partial charge is 0.395 e. The summed E-state index contributed by atoms with van der Waals surface area (Å²) >= 11 is 0. The van der Waals surface area contributed by atoms with E-state index in [1.807, 2.05) is 0 Å². The highest BCUT2D eigenvalue weighted by Crippen LogP contribution is 2.39. The second-order valence-electron chi connectivity index (χ2n) is 5.85. The Morgan fingerprint density at radius 1 is 1.56 bits per heavy atom. The summed E-state index contributed by atoms with van der Waals surface area (Å²) in [5, 5.41) is 9.17. The van der Waals surface area contributed by atoms with E-state index in [0.29, 0.717) is 0 Å². The van der Waals surface area contributed by atoms with Crippen molar-refractivity contribution in [2.75, 3.05) is 26.7 Å². The lowest BCUT2D eigenvalue weighted by atomic mass is 9.69. The second-order valence-corrected chi connectivity index (χ2v) is 5.85. The van der Waals surface area contributed by atoms with Crippen molar-refractivity contribution in [3.63, 3.8) is 0 Å². The summed E-state index contributed by atoms with van der Waals surface area (Å²) in [5.41, 5.74) is 6.29. The molecule has 1 fully saturated rings. The molecule has 0 aromatic heterocycles. The van der Waals surface area contributed by atoms with Crippen LogP contribution in [0.1, 0.15) is 39.5 Å². The first kappa shape index (κ1) is 13.9. The third-order valence-corrected chi connectivity index (χ3v) is 4.22. The van der Waals surface area contributed by atoms with Crippen LogP contribution in [0.25, 0.3) is 0 Å². The predicted octanol–water partition coefficient (Wildman–Crippen LogP) is 1.45. The van der Waals surface area contributed by atoms with Gasteiger partial charge >= 0.3 is 0 Å². The highest BCUT2D eigenvalue weighted by atomic mass is 16.3. The highest BCUT2D eigenvalue weighted by Gasteiger charge is 2.35. The van der Waals surface area contributed by atoms with E-state index in [9.17, 15) is 5.11 Å². The number of aliphatic hydroxyl groups excluding tert-OH is 1. The molecule has 3 N–H and O–H groups in total. The Kier molecular flexibility index (Phi) is 5.22. The number of hydrogen-bond acceptors (Lipinski definition) is 3. The van der Waals surface area contributed by atoms with Crippen LogP contribution in [-0.4, -0.2) is 42.8 Å². The predicted molar refractivity (Wildman–Crippen MR) is 68.3 cm³/mol. The average molecular weight is 228 g/mol. The number of likely N-dealkylation sites (N-methyl/N-ethyl adjacent to an activating group) is 1. The van der Waals surface area contributed by atoms with E-state index in [1.165, 1.54) is 25.7 Å². The van der Waals surface area contributed by atoms with Crippen LogP contribution in [0.5, 0.6) is 0 Å². The normalized spacial score (nSPS) is 33.0. The van der Waals surface area contributed by atoms with Crippen molar-refractivity contribution in [3.05, 3.63) is 0 Å². The monoisotopic (exact) mass is 228 g/mol. The molecule has 3 atom stereocenters. The van der Waals surface area contributed by atoms with Gasteiger partial charge in [-0.2, -0.15) is 0 Å². The zero-order valence-corrected chi connectivity index (χ0v) is 11.1. The summed E-state index contributed by atoms with van der Waals surface area (Å²) in [7, 11) is 2.09. The van der Waals surface area contributed by atoms with Crippen LogP contribution in [0.4, 0.5) is 0 Å². The molecule has 0 radical (unpaired) electrons. The van der Waals surface area contributed by atoms with Crippen molar-refractivity contribution in [3.8, 4) is 0 Å². The van der Waals surface area contributed by atoms with Gasteiger partial charge in [-0.1, -0.05) is 19.8 Å². The second kappa shape index (κ2) is 5.99. The summed E-state index contributed by atoms with van der Waals surface area (Å²) in [6, 6.07) is 0.237. The average Bonchev–Trinajstić information content (AvgIpc) is 2.27. The van der Waals surface area contributed by atoms with Crippen LogP contribution in [0.15, 0.2) is 0 Å². The molecule has 0 bridgehead atoms. The molecular formula is C13H28N2O. The molecule has 96 valence electrons. The zero-order valence-electron chi connectivity index (χ0n) is 11.1. The maximum atomic E-state index is 9.17. The Bertz CT molecular complexity index is 210. The lowest BCUT2D eigenvalue weighted by Crippen LogP contribution is -2.47. The van der Waals surface area contributed by atoms with Crippen molar-refractivity contribution in [1.29, 1.82) is 0 Å². The minimum absolute atomic E-state index is 0.229. The van der Waals surface area contributed by atoms with Crippen LogP contribution in [0, 0.1) is 11.3 Å². The lowest BCUT2D eigenvalue weighted by molar-refractivity contribution is 0.0661. The van der Waals surface area contributed by atoms with Gasteiger partial charge in [-0.25, -0.2) is 0 Å². The number of hydrogen-bond donors (Lipinski definition) is 2. The van der Waals surface area contributed by atoms with E-state index in [0.717, 1.165) is 19.0 Å². The Morgan fingerprint density at radius 2 is 2.25 bits per heavy atom. The minimum Gasteiger partial charge on any atom is -0.395 e. The molecule has 3 unspecified atom stereocenters. The molecule has 1 rings (SSSR count). The van der Waals surface area contributed by atoms with Crippen LogP contribution < -0.4 is 5.73 Å². The maximum Gasteiger partial charge on any atom is 0.0584 e. The summed E-state index contributed by atoms with van der Waals surface area (Å²) in [6.07, 6.45) is 5.14. The molecule has 0 saturated heterocycles. The molecule has 3 nitrogen and oxygen atoms in total. The van der Waals surface area contributed by atoms with Crippen molar-refractivity contribution in [2.24, 2.45) is 17.1 Å². The summed E-state index contributed by atoms with van der Waals surface area (Å²) in [5.74, 6) is 0.801. The Balaban J connectivity index is 2.58. The molecule has 0 amide bonds. The van der Waals surface area contributed by atoms with Gasteiger partial charge in [-0.3, -0.25) is 0 Å². The highest BCUT2D eigenvalue weighted by molar-refractivity contribution is 4.89. The number of nitrogens with zero attached hydrogens (tertiary/aromatic N) is 1. The molecule has 0 aliphatic heterocycles. The molecule has 16 heavy (non-hydrogen) atoms. The standard InChI is InChI=1S/C13H28N2O/c1-11-5-4-6-13(7-11,9-14)10-15(3)12(2)8-16/h11-12,16H,4-10,14H2,1-3H3. The van der Waals surface area contributed by atoms with E-state index < -0.39 is 0 Å². The first-order valence-electron chi connectivity index (χ1n) is 6.54. The van der Waals surface area contributed by atoms with Gasteiger partial charge in [0.2, 0.25) is 0 Å². The first-order chi connectivity index (χ1) is 7.53. The van der Waals surface area contributed by atoms with Gasteiger partial charge in [-0.15, -0.1) is 0 Å². The molecule has 1 saturated carbocycles. The van der Waals surface area contributed by atoms with Crippen molar-refractivity contribution >= 4 is 0 Å². The van der Waals surface area contributed by atoms with Gasteiger partial charge in [-0.05, 0) is 44.7 Å². The van der Waals surface area contributed by atoms with Gasteiger partial charge < -0.3 is 15.7 Å².